The minimum atomic E-state index is -0.217. The van der Waals surface area contributed by atoms with E-state index >= 15 is 0 Å². The Balaban J connectivity index is 2.52. The number of hydrogen-bond acceptors (Lipinski definition) is 3. The summed E-state index contributed by atoms with van der Waals surface area (Å²) in [4.78, 5) is 11.3. The van der Waals surface area contributed by atoms with E-state index in [0.717, 1.165) is 6.42 Å². The minimum Gasteiger partial charge on any atom is -0.468 e. The zero-order valence-electron chi connectivity index (χ0n) is 10.1. The Hall–Kier alpha value is -1.35. The van der Waals surface area contributed by atoms with Crippen LogP contribution in [0.4, 0.5) is 0 Å². The van der Waals surface area contributed by atoms with Crippen LogP contribution in [0.25, 0.3) is 0 Å². The van der Waals surface area contributed by atoms with Gasteiger partial charge in [-0.15, -0.1) is 0 Å². The third-order valence-corrected chi connectivity index (χ3v) is 2.53. The van der Waals surface area contributed by atoms with E-state index < -0.39 is 0 Å². The van der Waals surface area contributed by atoms with Gasteiger partial charge < -0.3 is 10.1 Å². The van der Waals surface area contributed by atoms with Gasteiger partial charge in [-0.2, -0.15) is 0 Å². The van der Waals surface area contributed by atoms with Crippen LogP contribution in [0.3, 0.4) is 0 Å². The second kappa shape index (κ2) is 6.28. The van der Waals surface area contributed by atoms with Crippen LogP contribution in [0.15, 0.2) is 24.3 Å². The van der Waals surface area contributed by atoms with Crippen LogP contribution in [0.5, 0.6) is 0 Å². The van der Waals surface area contributed by atoms with Gasteiger partial charge in [0.05, 0.1) is 7.11 Å². The van der Waals surface area contributed by atoms with E-state index in [0.29, 0.717) is 6.54 Å². The molecule has 1 N–H and O–H groups in total. The lowest BCUT2D eigenvalue weighted by Gasteiger charge is -2.14. The molecule has 3 nitrogen and oxygen atoms in total. The molecule has 3 heteroatoms. The topological polar surface area (TPSA) is 38.3 Å². The Morgan fingerprint density at radius 2 is 2.25 bits per heavy atom. The molecule has 0 saturated heterocycles. The highest BCUT2D eigenvalue weighted by atomic mass is 16.5. The molecule has 1 aromatic carbocycles. The largest absolute Gasteiger partial charge is 0.468 e. The van der Waals surface area contributed by atoms with Crippen molar-refractivity contribution < 1.29 is 9.53 Å². The number of rotatable bonds is 5. The van der Waals surface area contributed by atoms with Gasteiger partial charge in [0, 0.05) is 6.54 Å². The standard InChI is InChI=1S/C13H19NO2/c1-4-12(13(15)16-3)14-9-11-7-5-6-10(2)8-11/h5-8,12,14H,4,9H2,1-3H3. The van der Waals surface area contributed by atoms with E-state index in [4.69, 9.17) is 4.74 Å². The van der Waals surface area contributed by atoms with E-state index in [-0.39, 0.29) is 12.0 Å². The summed E-state index contributed by atoms with van der Waals surface area (Å²) in [7, 11) is 1.42. The highest BCUT2D eigenvalue weighted by Crippen LogP contribution is 2.04. The first-order valence-corrected chi connectivity index (χ1v) is 5.54. The zero-order chi connectivity index (χ0) is 12.0. The van der Waals surface area contributed by atoms with E-state index in [1.807, 2.05) is 19.1 Å². The summed E-state index contributed by atoms with van der Waals surface area (Å²) in [6, 6.07) is 8.01. The van der Waals surface area contributed by atoms with E-state index in [1.54, 1.807) is 0 Å². The van der Waals surface area contributed by atoms with Crippen LogP contribution in [0.1, 0.15) is 24.5 Å². The fourth-order valence-corrected chi connectivity index (χ4v) is 1.60. The summed E-state index contributed by atoms with van der Waals surface area (Å²) in [5.41, 5.74) is 2.41. The summed E-state index contributed by atoms with van der Waals surface area (Å²) in [5.74, 6) is -0.199. The molecule has 0 aliphatic heterocycles. The van der Waals surface area contributed by atoms with Crippen molar-refractivity contribution in [3.8, 4) is 0 Å². The van der Waals surface area contributed by atoms with Gasteiger partial charge in [-0.1, -0.05) is 36.8 Å². The summed E-state index contributed by atoms with van der Waals surface area (Å²) in [6.07, 6.45) is 0.735. The maximum atomic E-state index is 11.3. The van der Waals surface area contributed by atoms with Crippen molar-refractivity contribution in [2.45, 2.75) is 32.9 Å². The molecule has 1 unspecified atom stereocenters. The van der Waals surface area contributed by atoms with Gasteiger partial charge in [0.1, 0.15) is 6.04 Å². The van der Waals surface area contributed by atoms with Crippen molar-refractivity contribution in [2.24, 2.45) is 0 Å². The molecule has 0 spiro atoms. The van der Waals surface area contributed by atoms with Gasteiger partial charge >= 0.3 is 5.97 Å². The lowest BCUT2D eigenvalue weighted by molar-refractivity contribution is -0.143. The summed E-state index contributed by atoms with van der Waals surface area (Å²) < 4.78 is 4.71. The maximum absolute atomic E-state index is 11.3. The molecule has 0 aromatic heterocycles. The predicted molar refractivity (Wildman–Crippen MR) is 64.1 cm³/mol. The fraction of sp³-hybridized carbons (Fsp3) is 0.462. The van der Waals surface area contributed by atoms with Crippen molar-refractivity contribution in [1.82, 2.24) is 5.32 Å². The number of aryl methyl sites for hydroxylation is 1. The van der Waals surface area contributed by atoms with Crippen molar-refractivity contribution in [2.75, 3.05) is 7.11 Å². The molecule has 16 heavy (non-hydrogen) atoms. The molecular weight excluding hydrogens is 202 g/mol. The predicted octanol–water partition coefficient (Wildman–Crippen LogP) is 2.04. The lowest BCUT2D eigenvalue weighted by Crippen LogP contribution is -2.36. The molecule has 1 atom stereocenters. The van der Waals surface area contributed by atoms with Gasteiger partial charge in [0.15, 0.2) is 0 Å². The number of benzene rings is 1. The molecule has 0 heterocycles. The quantitative estimate of drug-likeness (QED) is 0.773. The molecule has 0 bridgehead atoms. The molecule has 0 fully saturated rings. The smallest absolute Gasteiger partial charge is 0.322 e. The number of methoxy groups -OCH3 is 1. The molecule has 0 aliphatic rings. The Morgan fingerprint density at radius 1 is 1.50 bits per heavy atom. The third-order valence-electron chi connectivity index (χ3n) is 2.53. The highest BCUT2D eigenvalue weighted by molar-refractivity contribution is 5.75. The Kier molecular flexibility index (Phi) is 4.99. The van der Waals surface area contributed by atoms with Crippen LogP contribution in [0.2, 0.25) is 0 Å². The molecular formula is C13H19NO2. The number of carbonyl (C=O) groups is 1. The summed E-state index contributed by atoms with van der Waals surface area (Å²) >= 11 is 0. The molecule has 1 rings (SSSR count). The number of nitrogens with one attached hydrogen (secondary N) is 1. The Morgan fingerprint density at radius 3 is 2.81 bits per heavy atom. The average molecular weight is 221 g/mol. The van der Waals surface area contributed by atoms with Crippen molar-refractivity contribution >= 4 is 5.97 Å². The molecule has 1 aromatic rings. The first-order valence-electron chi connectivity index (χ1n) is 5.54. The van der Waals surface area contributed by atoms with Gasteiger partial charge in [0.25, 0.3) is 0 Å². The Bertz CT molecular complexity index is 350. The van der Waals surface area contributed by atoms with Gasteiger partial charge in [-0.25, -0.2) is 0 Å². The van der Waals surface area contributed by atoms with Crippen LogP contribution in [-0.2, 0) is 16.1 Å². The first-order chi connectivity index (χ1) is 7.67. The van der Waals surface area contributed by atoms with Crippen molar-refractivity contribution in [1.29, 1.82) is 0 Å². The fourth-order valence-electron chi connectivity index (χ4n) is 1.60. The molecule has 0 amide bonds. The molecule has 0 saturated carbocycles. The monoisotopic (exact) mass is 221 g/mol. The molecule has 88 valence electrons. The first kappa shape index (κ1) is 12.7. The number of esters is 1. The normalized spacial score (nSPS) is 12.2. The maximum Gasteiger partial charge on any atom is 0.322 e. The van der Waals surface area contributed by atoms with Crippen molar-refractivity contribution in [3.63, 3.8) is 0 Å². The van der Waals surface area contributed by atoms with E-state index in [1.165, 1.54) is 18.2 Å². The Labute approximate surface area is 96.8 Å². The third kappa shape index (κ3) is 3.66. The second-order valence-electron chi connectivity index (χ2n) is 3.85. The number of carbonyl (C=O) groups excluding carboxylic acids is 1. The van der Waals surface area contributed by atoms with Crippen LogP contribution in [0, 0.1) is 6.92 Å². The van der Waals surface area contributed by atoms with Gasteiger partial charge in [-0.05, 0) is 18.9 Å². The van der Waals surface area contributed by atoms with E-state index in [9.17, 15) is 4.79 Å². The SMILES string of the molecule is CCC(NCc1cccc(C)c1)C(=O)OC. The molecule has 0 radical (unpaired) electrons. The lowest BCUT2D eigenvalue weighted by atomic mass is 10.1. The number of ether oxygens (including phenoxy) is 1. The van der Waals surface area contributed by atoms with Gasteiger partial charge in [0.2, 0.25) is 0 Å². The minimum absolute atomic E-state index is 0.199. The molecule has 0 aliphatic carbocycles. The van der Waals surface area contributed by atoms with Crippen LogP contribution in [-0.4, -0.2) is 19.1 Å². The number of hydrogen-bond donors (Lipinski definition) is 1. The van der Waals surface area contributed by atoms with E-state index in [2.05, 4.69) is 24.4 Å². The van der Waals surface area contributed by atoms with Crippen molar-refractivity contribution in [3.05, 3.63) is 35.4 Å². The summed E-state index contributed by atoms with van der Waals surface area (Å²) in [6.45, 7) is 4.71. The average Bonchev–Trinajstić information content (AvgIpc) is 2.29. The van der Waals surface area contributed by atoms with Crippen LogP contribution >= 0.6 is 0 Å². The van der Waals surface area contributed by atoms with Crippen LogP contribution < -0.4 is 5.32 Å². The second-order valence-corrected chi connectivity index (χ2v) is 3.85. The van der Waals surface area contributed by atoms with Gasteiger partial charge in [-0.3, -0.25) is 4.79 Å². The zero-order valence-corrected chi connectivity index (χ0v) is 10.1. The summed E-state index contributed by atoms with van der Waals surface area (Å²) in [5, 5.41) is 3.19. The highest BCUT2D eigenvalue weighted by Gasteiger charge is 2.15.